The van der Waals surface area contributed by atoms with Gasteiger partial charge in [0.05, 0.1) is 11.7 Å². The molecule has 0 radical (unpaired) electrons. The van der Waals surface area contributed by atoms with Crippen LogP contribution in [0.4, 0.5) is 0 Å². The van der Waals surface area contributed by atoms with Crippen molar-refractivity contribution in [2.75, 3.05) is 0 Å². The van der Waals surface area contributed by atoms with Crippen LogP contribution in [0.5, 0.6) is 0 Å². The predicted octanol–water partition coefficient (Wildman–Crippen LogP) is 1.08. The van der Waals surface area contributed by atoms with E-state index in [-0.39, 0.29) is 0 Å². The molecule has 0 unspecified atom stereocenters. The first-order valence-electron chi connectivity index (χ1n) is 4.10. The molecule has 66 valence electrons. The van der Waals surface area contributed by atoms with Crippen LogP contribution in [0.2, 0.25) is 0 Å². The lowest BCUT2D eigenvalue weighted by atomic mass is 10.4. The molecule has 14 heavy (non-hydrogen) atoms. The van der Waals surface area contributed by atoms with Crippen molar-refractivity contribution in [3.05, 3.63) is 30.4 Å². The number of aromatic amines is 1. The number of aromatic nitrogens is 4. The summed E-state index contributed by atoms with van der Waals surface area (Å²) < 4.78 is 1.74. The van der Waals surface area contributed by atoms with Crippen LogP contribution in [-0.4, -0.2) is 19.6 Å². The number of fused-ring (bicyclic) bond motifs is 3. The average molecular weight is 183 g/mol. The zero-order valence-corrected chi connectivity index (χ0v) is 7.10. The second-order valence-electron chi connectivity index (χ2n) is 2.94. The minimum Gasteiger partial charge on any atom is -0.291 e. The van der Waals surface area contributed by atoms with Gasteiger partial charge in [-0.15, -0.1) is 0 Å². The number of nitrogens with zero attached hydrogens (tertiary/aromatic N) is 4. The molecule has 3 aromatic heterocycles. The third kappa shape index (κ3) is 0.721. The SMILES string of the molecule is N#Cc1nc2cn[nH]c2c2cccn12. The van der Waals surface area contributed by atoms with Crippen molar-refractivity contribution in [3.63, 3.8) is 0 Å². The van der Waals surface area contributed by atoms with Crippen LogP contribution in [0.15, 0.2) is 24.5 Å². The second kappa shape index (κ2) is 2.33. The largest absolute Gasteiger partial charge is 0.291 e. The summed E-state index contributed by atoms with van der Waals surface area (Å²) in [6.45, 7) is 0. The summed E-state index contributed by atoms with van der Waals surface area (Å²) >= 11 is 0. The van der Waals surface area contributed by atoms with E-state index in [4.69, 9.17) is 5.26 Å². The monoisotopic (exact) mass is 183 g/mol. The van der Waals surface area contributed by atoms with Gasteiger partial charge in [-0.3, -0.25) is 9.50 Å². The lowest BCUT2D eigenvalue weighted by Crippen LogP contribution is -1.95. The summed E-state index contributed by atoms with van der Waals surface area (Å²) in [5, 5.41) is 15.6. The predicted molar refractivity (Wildman–Crippen MR) is 49.6 cm³/mol. The maximum Gasteiger partial charge on any atom is 0.218 e. The number of hydrogen-bond acceptors (Lipinski definition) is 3. The van der Waals surface area contributed by atoms with Crippen LogP contribution >= 0.6 is 0 Å². The first-order chi connectivity index (χ1) is 6.90. The molecule has 3 heterocycles. The molecule has 5 heteroatoms. The second-order valence-corrected chi connectivity index (χ2v) is 2.94. The summed E-state index contributed by atoms with van der Waals surface area (Å²) in [5.74, 6) is 0.374. The van der Waals surface area contributed by atoms with E-state index < -0.39 is 0 Å². The molecule has 1 N–H and O–H groups in total. The van der Waals surface area contributed by atoms with Gasteiger partial charge in [0.25, 0.3) is 0 Å². The van der Waals surface area contributed by atoms with Crippen molar-refractivity contribution in [3.8, 4) is 6.07 Å². The van der Waals surface area contributed by atoms with E-state index in [0.29, 0.717) is 11.3 Å². The molecule has 0 aliphatic carbocycles. The molecule has 3 aromatic rings. The Morgan fingerprint density at radius 2 is 2.43 bits per heavy atom. The molecular weight excluding hydrogens is 178 g/mol. The highest BCUT2D eigenvalue weighted by molar-refractivity contribution is 5.89. The van der Waals surface area contributed by atoms with E-state index in [2.05, 4.69) is 15.2 Å². The highest BCUT2D eigenvalue weighted by atomic mass is 15.1. The quantitative estimate of drug-likeness (QED) is 0.567. The summed E-state index contributed by atoms with van der Waals surface area (Å²) in [4.78, 5) is 4.16. The Bertz CT molecular complexity index is 654. The van der Waals surface area contributed by atoms with Gasteiger partial charge in [0.1, 0.15) is 17.1 Å². The van der Waals surface area contributed by atoms with Gasteiger partial charge in [0.2, 0.25) is 5.82 Å². The molecule has 0 saturated carbocycles. The Morgan fingerprint density at radius 1 is 1.50 bits per heavy atom. The van der Waals surface area contributed by atoms with Crippen LogP contribution in [0, 0.1) is 11.3 Å². The smallest absolute Gasteiger partial charge is 0.218 e. The standard InChI is InChI=1S/C9H5N5/c10-4-8-12-6-5-11-13-9(6)7-2-1-3-14(7)8/h1-3,5H,(H,11,13). The van der Waals surface area contributed by atoms with Crippen LogP contribution in [-0.2, 0) is 0 Å². The molecule has 5 nitrogen and oxygen atoms in total. The molecule has 3 rings (SSSR count). The molecule has 0 aliphatic rings. The summed E-state index contributed by atoms with van der Waals surface area (Å²) in [6, 6.07) is 5.84. The number of H-pyrrole nitrogens is 1. The molecule has 0 aliphatic heterocycles. The Labute approximate surface area is 78.6 Å². The molecule has 0 amide bonds. The van der Waals surface area contributed by atoms with Gasteiger partial charge in [0, 0.05) is 6.20 Å². The molecule has 0 saturated heterocycles. The van der Waals surface area contributed by atoms with E-state index in [9.17, 15) is 0 Å². The Kier molecular flexibility index (Phi) is 1.18. The van der Waals surface area contributed by atoms with E-state index in [1.54, 1.807) is 16.8 Å². The van der Waals surface area contributed by atoms with Gasteiger partial charge in [-0.1, -0.05) is 0 Å². The Morgan fingerprint density at radius 3 is 3.29 bits per heavy atom. The van der Waals surface area contributed by atoms with Crippen molar-refractivity contribution in [1.82, 2.24) is 19.6 Å². The van der Waals surface area contributed by atoms with Crippen molar-refractivity contribution >= 4 is 16.6 Å². The Hall–Kier alpha value is -2.35. The fourth-order valence-electron chi connectivity index (χ4n) is 1.57. The first-order valence-corrected chi connectivity index (χ1v) is 4.10. The third-order valence-electron chi connectivity index (χ3n) is 2.18. The van der Waals surface area contributed by atoms with Gasteiger partial charge in [0.15, 0.2) is 0 Å². The topological polar surface area (TPSA) is 69.8 Å². The zero-order valence-electron chi connectivity index (χ0n) is 7.10. The summed E-state index contributed by atoms with van der Waals surface area (Å²) in [7, 11) is 0. The normalized spacial score (nSPS) is 10.8. The zero-order chi connectivity index (χ0) is 9.54. The van der Waals surface area contributed by atoms with E-state index >= 15 is 0 Å². The minimum absolute atomic E-state index is 0.374. The highest BCUT2D eigenvalue weighted by Gasteiger charge is 2.07. The highest BCUT2D eigenvalue weighted by Crippen LogP contribution is 2.16. The molecule has 0 atom stereocenters. The van der Waals surface area contributed by atoms with Gasteiger partial charge >= 0.3 is 0 Å². The van der Waals surface area contributed by atoms with E-state index in [0.717, 1.165) is 11.0 Å². The lowest BCUT2D eigenvalue weighted by molar-refractivity contribution is 1.07. The lowest BCUT2D eigenvalue weighted by Gasteiger charge is -1.97. The summed E-state index contributed by atoms with van der Waals surface area (Å²) in [6.07, 6.45) is 3.42. The minimum atomic E-state index is 0.374. The molecule has 0 spiro atoms. The van der Waals surface area contributed by atoms with Gasteiger partial charge in [-0.05, 0) is 12.1 Å². The fraction of sp³-hybridized carbons (Fsp3) is 0. The van der Waals surface area contributed by atoms with Crippen LogP contribution in [0.1, 0.15) is 5.82 Å². The van der Waals surface area contributed by atoms with Crippen LogP contribution in [0.25, 0.3) is 16.6 Å². The number of nitriles is 1. The maximum absolute atomic E-state index is 8.89. The average Bonchev–Trinajstić information content (AvgIpc) is 2.83. The van der Waals surface area contributed by atoms with Crippen molar-refractivity contribution < 1.29 is 0 Å². The van der Waals surface area contributed by atoms with E-state index in [1.807, 2.05) is 18.2 Å². The number of nitrogens with one attached hydrogen (secondary N) is 1. The van der Waals surface area contributed by atoms with Crippen molar-refractivity contribution in [2.24, 2.45) is 0 Å². The van der Waals surface area contributed by atoms with Gasteiger partial charge in [-0.25, -0.2) is 4.98 Å². The van der Waals surface area contributed by atoms with Gasteiger partial charge in [-0.2, -0.15) is 10.4 Å². The number of hydrogen-bond donors (Lipinski definition) is 1. The molecular formula is C9H5N5. The van der Waals surface area contributed by atoms with Crippen LogP contribution in [0.3, 0.4) is 0 Å². The molecule has 0 bridgehead atoms. The Balaban J connectivity index is 2.67. The molecule has 0 aromatic carbocycles. The van der Waals surface area contributed by atoms with Crippen molar-refractivity contribution in [2.45, 2.75) is 0 Å². The van der Waals surface area contributed by atoms with Crippen LogP contribution < -0.4 is 0 Å². The number of rotatable bonds is 0. The first kappa shape index (κ1) is 7.09. The summed E-state index contributed by atoms with van der Waals surface area (Å²) in [5.41, 5.74) is 2.49. The van der Waals surface area contributed by atoms with Crippen molar-refractivity contribution in [1.29, 1.82) is 5.26 Å². The maximum atomic E-state index is 8.89. The van der Waals surface area contributed by atoms with E-state index in [1.165, 1.54) is 0 Å². The van der Waals surface area contributed by atoms with Gasteiger partial charge < -0.3 is 0 Å². The fourth-order valence-corrected chi connectivity index (χ4v) is 1.57. The molecule has 0 fully saturated rings. The third-order valence-corrected chi connectivity index (χ3v) is 2.18.